The predicted octanol–water partition coefficient (Wildman–Crippen LogP) is 4.75. The molecular weight excluding hydrogens is 662 g/mol. The summed E-state index contributed by atoms with van der Waals surface area (Å²) >= 11 is 0. The summed E-state index contributed by atoms with van der Waals surface area (Å²) in [5, 5.41) is 0.862. The molecule has 1 unspecified atom stereocenters. The zero-order valence-corrected chi connectivity index (χ0v) is 30.8. The van der Waals surface area contributed by atoms with E-state index in [0.29, 0.717) is 29.9 Å². The molecule has 1 N–H and O–H groups in total. The molecule has 5 atom stereocenters. The summed E-state index contributed by atoms with van der Waals surface area (Å²) in [5.41, 5.74) is -2.73. The first-order valence-corrected chi connectivity index (χ1v) is 18.7. The van der Waals surface area contributed by atoms with Crippen LogP contribution < -0.4 is 14.2 Å². The average Bonchev–Trinajstić information content (AvgIpc) is 3.95. The Hall–Kier alpha value is -4.00. The average molecular weight is 712 g/mol. The number of fused-ring (bicyclic) bond motifs is 1. The van der Waals surface area contributed by atoms with Crippen molar-refractivity contribution in [2.75, 3.05) is 13.7 Å². The standard InChI is InChI=1S/C37H49N3O9S/c1-9-22-18-37(22,34(44)39-50(45,46)24-14-15-24)19-29(41)28-16-23(48-32-26-13-11-10-12-25(26)30(47-8)20-38-32)21-40(28)33(43)27(35(2,3)4)17-31(42)49-36(5,6)7/h9-13,20,22-24,27-28H,1,14-19,21H2,2-8H3,(H,39,44)/t22-,23-,27-,28?,37-/m1/s1. The lowest BCUT2D eigenvalue weighted by molar-refractivity contribution is -0.161. The smallest absolute Gasteiger partial charge is 0.307 e. The van der Waals surface area contributed by atoms with E-state index in [1.54, 1.807) is 40.2 Å². The van der Waals surface area contributed by atoms with Crippen LogP contribution >= 0.6 is 0 Å². The van der Waals surface area contributed by atoms with Gasteiger partial charge in [-0.05, 0) is 57.4 Å². The van der Waals surface area contributed by atoms with E-state index >= 15 is 0 Å². The van der Waals surface area contributed by atoms with Crippen molar-refractivity contribution < 1.29 is 41.8 Å². The number of esters is 1. The van der Waals surface area contributed by atoms with Crippen molar-refractivity contribution in [3.8, 4) is 11.6 Å². The molecule has 3 fully saturated rings. The summed E-state index contributed by atoms with van der Waals surface area (Å²) in [6.45, 7) is 14.7. The number of methoxy groups -OCH3 is 1. The number of rotatable bonds is 13. The normalized spacial score (nSPS) is 24.3. The van der Waals surface area contributed by atoms with E-state index in [-0.39, 0.29) is 32.2 Å². The molecule has 1 aromatic carbocycles. The van der Waals surface area contributed by atoms with Gasteiger partial charge in [0.05, 0.1) is 48.9 Å². The molecule has 2 saturated carbocycles. The summed E-state index contributed by atoms with van der Waals surface area (Å²) in [7, 11) is -2.30. The summed E-state index contributed by atoms with van der Waals surface area (Å²) in [5.74, 6) is -2.43. The Morgan fingerprint density at radius 1 is 1.10 bits per heavy atom. The van der Waals surface area contributed by atoms with E-state index in [1.165, 1.54) is 4.90 Å². The molecule has 0 spiro atoms. The van der Waals surface area contributed by atoms with Gasteiger partial charge in [0.2, 0.25) is 27.7 Å². The minimum atomic E-state index is -3.85. The van der Waals surface area contributed by atoms with Crippen molar-refractivity contribution in [3.05, 3.63) is 43.1 Å². The van der Waals surface area contributed by atoms with Crippen molar-refractivity contribution in [3.63, 3.8) is 0 Å². The SMILES string of the molecule is C=C[C@@H]1C[C@]1(CC(=O)C1C[C@@H](Oc2ncc(OC)c3ccccc23)CN1C(=O)[C@@H](CC(=O)OC(C)(C)C)C(C)(C)C)C(=O)NS(=O)(=O)C1CC1. The Labute approximate surface area is 294 Å². The van der Waals surface area contributed by atoms with Gasteiger partial charge in [0.1, 0.15) is 17.5 Å². The monoisotopic (exact) mass is 711 g/mol. The second kappa shape index (κ2) is 13.6. The molecule has 2 aliphatic carbocycles. The number of ketones is 1. The van der Waals surface area contributed by atoms with Gasteiger partial charge in [0.15, 0.2) is 5.78 Å². The maximum Gasteiger partial charge on any atom is 0.307 e. The van der Waals surface area contributed by atoms with Gasteiger partial charge in [0, 0.05) is 23.6 Å². The molecule has 2 amide bonds. The Morgan fingerprint density at radius 2 is 1.76 bits per heavy atom. The van der Waals surface area contributed by atoms with Crippen LogP contribution in [0.2, 0.25) is 0 Å². The highest BCUT2D eigenvalue weighted by molar-refractivity contribution is 7.90. The molecule has 1 aromatic heterocycles. The Morgan fingerprint density at radius 3 is 2.32 bits per heavy atom. The summed E-state index contributed by atoms with van der Waals surface area (Å²) in [6, 6.07) is 6.43. The molecule has 0 bridgehead atoms. The third-order valence-corrected chi connectivity index (χ3v) is 11.6. The lowest BCUT2D eigenvalue weighted by atomic mass is 9.77. The van der Waals surface area contributed by atoms with Crippen LogP contribution in [-0.2, 0) is 33.9 Å². The van der Waals surface area contributed by atoms with Crippen LogP contribution in [0.3, 0.4) is 0 Å². The summed E-state index contributed by atoms with van der Waals surface area (Å²) in [4.78, 5) is 61.3. The number of aromatic nitrogens is 1. The quantitative estimate of drug-likeness (QED) is 0.227. The number of carbonyl (C=O) groups excluding carboxylic acids is 4. The Bertz CT molecular complexity index is 1790. The number of likely N-dealkylation sites (tertiary alicyclic amines) is 1. The van der Waals surface area contributed by atoms with Crippen molar-refractivity contribution in [1.82, 2.24) is 14.6 Å². The molecule has 1 saturated heterocycles. The minimum absolute atomic E-state index is 0.0261. The number of Topliss-reactive ketones (excluding diaryl/α,β-unsaturated/α-hetero) is 1. The third kappa shape index (κ3) is 7.98. The van der Waals surface area contributed by atoms with Gasteiger partial charge in [-0.1, -0.05) is 45.0 Å². The van der Waals surface area contributed by atoms with Crippen LogP contribution in [0, 0.1) is 22.7 Å². The number of nitrogens with one attached hydrogen (secondary N) is 1. The van der Waals surface area contributed by atoms with E-state index in [0.717, 1.165) is 5.39 Å². The summed E-state index contributed by atoms with van der Waals surface area (Å²) in [6.07, 6.45) is 3.31. The van der Waals surface area contributed by atoms with Crippen LogP contribution in [0.15, 0.2) is 43.1 Å². The Balaban J connectivity index is 1.45. The number of hydrogen-bond donors (Lipinski definition) is 1. The molecule has 1 aliphatic heterocycles. The number of carbonyl (C=O) groups is 4. The zero-order chi connectivity index (χ0) is 36.8. The molecule has 2 heterocycles. The first-order valence-electron chi connectivity index (χ1n) is 17.1. The van der Waals surface area contributed by atoms with Gasteiger partial charge in [-0.3, -0.25) is 23.9 Å². The number of allylic oxidation sites excluding steroid dienone is 1. The number of sulfonamides is 1. The van der Waals surface area contributed by atoms with Crippen LogP contribution in [-0.4, -0.2) is 78.5 Å². The van der Waals surface area contributed by atoms with Crippen LogP contribution in [0.4, 0.5) is 0 Å². The largest absolute Gasteiger partial charge is 0.494 e. The third-order valence-electron chi connectivity index (χ3n) is 9.83. The highest BCUT2D eigenvalue weighted by atomic mass is 32.2. The molecule has 5 rings (SSSR count). The minimum Gasteiger partial charge on any atom is -0.494 e. The highest BCUT2D eigenvalue weighted by Crippen LogP contribution is 2.57. The topological polar surface area (TPSA) is 158 Å². The Kier molecular flexibility index (Phi) is 10.1. The zero-order valence-electron chi connectivity index (χ0n) is 30.0. The fourth-order valence-electron chi connectivity index (χ4n) is 6.81. The molecule has 50 heavy (non-hydrogen) atoms. The maximum absolute atomic E-state index is 14.5. The van der Waals surface area contributed by atoms with Crippen LogP contribution in [0.1, 0.15) is 80.1 Å². The lowest BCUT2D eigenvalue weighted by Gasteiger charge is -2.35. The molecule has 13 heteroatoms. The van der Waals surface area contributed by atoms with E-state index in [2.05, 4.69) is 16.3 Å². The molecule has 2 aromatic rings. The first kappa shape index (κ1) is 37.3. The molecular formula is C37H49N3O9S. The van der Waals surface area contributed by atoms with Gasteiger partial charge in [-0.15, -0.1) is 6.58 Å². The van der Waals surface area contributed by atoms with Gasteiger partial charge < -0.3 is 19.1 Å². The fourth-order valence-corrected chi connectivity index (χ4v) is 8.19. The van der Waals surface area contributed by atoms with Crippen molar-refractivity contribution in [2.45, 2.75) is 103 Å². The van der Waals surface area contributed by atoms with Gasteiger partial charge in [0.25, 0.3) is 0 Å². The highest BCUT2D eigenvalue weighted by Gasteiger charge is 2.61. The molecule has 3 aliphatic rings. The number of hydrogen-bond acceptors (Lipinski definition) is 10. The number of nitrogens with zero attached hydrogens (tertiary/aromatic N) is 2. The predicted molar refractivity (Wildman–Crippen MR) is 187 cm³/mol. The molecule has 0 radical (unpaired) electrons. The van der Waals surface area contributed by atoms with Gasteiger partial charge in [-0.25, -0.2) is 13.4 Å². The summed E-state index contributed by atoms with van der Waals surface area (Å²) < 4.78 is 45.1. The number of pyridine rings is 1. The van der Waals surface area contributed by atoms with Gasteiger partial charge >= 0.3 is 5.97 Å². The van der Waals surface area contributed by atoms with Crippen molar-refractivity contribution in [1.29, 1.82) is 0 Å². The molecule has 12 nitrogen and oxygen atoms in total. The second-order valence-electron chi connectivity index (χ2n) is 15.9. The van der Waals surface area contributed by atoms with Crippen molar-refractivity contribution in [2.24, 2.45) is 22.7 Å². The number of ether oxygens (including phenoxy) is 3. The number of amides is 2. The van der Waals surface area contributed by atoms with E-state index in [4.69, 9.17) is 14.2 Å². The first-order chi connectivity index (χ1) is 23.3. The van der Waals surface area contributed by atoms with Gasteiger partial charge in [-0.2, -0.15) is 0 Å². The van der Waals surface area contributed by atoms with E-state index < -0.39 is 79.3 Å². The fraction of sp³-hybridized carbons (Fsp3) is 0.595. The van der Waals surface area contributed by atoms with Crippen molar-refractivity contribution >= 4 is 44.4 Å². The molecule has 272 valence electrons. The van der Waals surface area contributed by atoms with Crippen LogP contribution in [0.5, 0.6) is 11.6 Å². The van der Waals surface area contributed by atoms with Crippen LogP contribution in [0.25, 0.3) is 10.8 Å². The number of benzene rings is 1. The van der Waals surface area contributed by atoms with E-state index in [9.17, 15) is 27.6 Å². The lowest BCUT2D eigenvalue weighted by Crippen LogP contribution is -2.49. The maximum atomic E-state index is 14.5. The second-order valence-corrected chi connectivity index (χ2v) is 17.9. The van der Waals surface area contributed by atoms with E-state index in [1.807, 2.05) is 45.0 Å².